The Morgan fingerprint density at radius 2 is 1.83 bits per heavy atom. The van der Waals surface area contributed by atoms with Crippen molar-refractivity contribution in [2.24, 2.45) is 10.7 Å². The van der Waals surface area contributed by atoms with Gasteiger partial charge in [0.05, 0.1) is 25.1 Å². The van der Waals surface area contributed by atoms with Gasteiger partial charge in [0.2, 0.25) is 17.6 Å². The summed E-state index contributed by atoms with van der Waals surface area (Å²) >= 11 is 0. The molecule has 2 aromatic rings. The number of carbonyl (C=O) groups is 3. The summed E-state index contributed by atoms with van der Waals surface area (Å²) in [4.78, 5) is 40.2. The number of amides is 2. The molecule has 192 valence electrons. The van der Waals surface area contributed by atoms with Gasteiger partial charge in [-0.15, -0.1) is 0 Å². The number of nitrogens with two attached hydrogens (primary N) is 1. The fourth-order valence-corrected chi connectivity index (χ4v) is 3.96. The number of nitrogens with zero attached hydrogens (tertiary/aromatic N) is 1. The van der Waals surface area contributed by atoms with E-state index in [1.165, 1.54) is 6.92 Å². The van der Waals surface area contributed by atoms with Crippen LogP contribution in [0.3, 0.4) is 0 Å². The molecule has 0 aliphatic carbocycles. The summed E-state index contributed by atoms with van der Waals surface area (Å²) in [5.74, 6) is -3.52. The first kappa shape index (κ1) is 26.6. The summed E-state index contributed by atoms with van der Waals surface area (Å²) in [5, 5.41) is 45.7. The number of benzene rings is 2. The molecule has 12 heteroatoms. The van der Waals surface area contributed by atoms with Crippen LogP contribution in [-0.4, -0.2) is 81.2 Å². The van der Waals surface area contributed by atoms with Gasteiger partial charge in [-0.25, -0.2) is 9.79 Å². The molecule has 8 N–H and O–H groups in total. The maximum absolute atomic E-state index is 12.7. The highest BCUT2D eigenvalue weighted by atomic mass is 16.5. The lowest BCUT2D eigenvalue weighted by Gasteiger charge is -2.38. The Morgan fingerprint density at radius 3 is 2.50 bits per heavy atom. The van der Waals surface area contributed by atoms with E-state index in [4.69, 9.17) is 10.5 Å². The Kier molecular flexibility index (Phi) is 8.59. The smallest absolute Gasteiger partial charge is 0.370 e. The number of fused-ring (bicyclic) bond motifs is 1. The van der Waals surface area contributed by atoms with E-state index in [2.05, 4.69) is 15.6 Å². The first-order valence-corrected chi connectivity index (χ1v) is 11.1. The normalized spacial score (nSPS) is 21.6. The largest absolute Gasteiger partial charge is 0.478 e. The van der Waals surface area contributed by atoms with Crippen molar-refractivity contribution in [3.05, 3.63) is 59.9 Å². The van der Waals surface area contributed by atoms with Crippen molar-refractivity contribution < 1.29 is 39.5 Å². The Balaban J connectivity index is 1.85. The van der Waals surface area contributed by atoms with Crippen LogP contribution in [0.25, 0.3) is 10.8 Å². The third kappa shape index (κ3) is 6.36. The van der Waals surface area contributed by atoms with Crippen LogP contribution in [0.5, 0.6) is 0 Å². The maximum atomic E-state index is 12.7. The average molecular weight is 501 g/mol. The Hall–Kier alpha value is -4.00. The molecule has 0 fully saturated rings. The number of hydrogen-bond donors (Lipinski definition) is 7. The van der Waals surface area contributed by atoms with Gasteiger partial charge in [0.15, 0.2) is 5.96 Å². The standard InChI is InChI=1S/C24H28N4O8/c1-12(30)26-20-16(10-18(23(34)35)36-22(20)21(33)17(31)11-29)27-24(25)28-19(32)9-14-7-4-6-13-5-2-3-8-15(13)14/h2-8,10,16-17,20-22,29,31,33H,9,11H2,1H3,(H,26,30)(H,34,35)(H3,25,27,28,32)/t16-,17+,20+,21+,22+/m0/s1. The molecule has 0 spiro atoms. The SMILES string of the molecule is CC(=O)N[C@H]1[C@H]([C@H](O)[C@H](O)CO)OC(C(=O)O)=C[C@@H]1N=C(N)NC(=O)Cc1cccc2ccccc12. The van der Waals surface area contributed by atoms with Crippen LogP contribution < -0.4 is 16.4 Å². The molecule has 2 aromatic carbocycles. The van der Waals surface area contributed by atoms with Gasteiger partial charge in [0.1, 0.15) is 18.3 Å². The fourth-order valence-electron chi connectivity index (χ4n) is 3.96. The second kappa shape index (κ2) is 11.6. The highest BCUT2D eigenvalue weighted by molar-refractivity contribution is 5.99. The summed E-state index contributed by atoms with van der Waals surface area (Å²) in [6, 6.07) is 10.7. The summed E-state index contributed by atoms with van der Waals surface area (Å²) in [7, 11) is 0. The topological polar surface area (TPSA) is 204 Å². The molecular formula is C24H28N4O8. The molecule has 1 aliphatic heterocycles. The summed E-state index contributed by atoms with van der Waals surface area (Å²) in [6.07, 6.45) is -3.93. The molecule has 3 rings (SSSR count). The van der Waals surface area contributed by atoms with E-state index in [1.807, 2.05) is 36.4 Å². The third-order valence-corrected chi connectivity index (χ3v) is 5.59. The number of nitrogens with one attached hydrogen (secondary N) is 2. The predicted molar refractivity (Wildman–Crippen MR) is 129 cm³/mol. The Bertz CT molecular complexity index is 1190. The van der Waals surface area contributed by atoms with Crippen molar-refractivity contribution in [2.75, 3.05) is 6.61 Å². The molecule has 1 heterocycles. The Morgan fingerprint density at radius 1 is 1.14 bits per heavy atom. The number of aliphatic hydroxyl groups is 3. The van der Waals surface area contributed by atoms with Crippen molar-refractivity contribution in [1.29, 1.82) is 0 Å². The Labute approximate surface area is 206 Å². The molecule has 0 aromatic heterocycles. The first-order valence-electron chi connectivity index (χ1n) is 11.1. The van der Waals surface area contributed by atoms with Crippen molar-refractivity contribution in [3.8, 4) is 0 Å². The van der Waals surface area contributed by atoms with Gasteiger partial charge in [-0.3, -0.25) is 14.9 Å². The van der Waals surface area contributed by atoms with Crippen LogP contribution in [0.15, 0.2) is 59.3 Å². The van der Waals surface area contributed by atoms with E-state index >= 15 is 0 Å². The van der Waals surface area contributed by atoms with Crippen LogP contribution in [0, 0.1) is 0 Å². The number of ether oxygens (including phenoxy) is 1. The third-order valence-electron chi connectivity index (χ3n) is 5.59. The summed E-state index contributed by atoms with van der Waals surface area (Å²) < 4.78 is 5.29. The lowest BCUT2D eigenvalue weighted by molar-refractivity contribution is -0.145. The van der Waals surface area contributed by atoms with Gasteiger partial charge in [-0.05, 0) is 22.4 Å². The number of hydrogen-bond acceptors (Lipinski definition) is 8. The number of rotatable bonds is 8. The van der Waals surface area contributed by atoms with E-state index in [1.54, 1.807) is 6.07 Å². The first-order chi connectivity index (χ1) is 17.1. The van der Waals surface area contributed by atoms with Crippen molar-refractivity contribution in [1.82, 2.24) is 10.6 Å². The number of carboxylic acid groups (broad SMARTS) is 1. The maximum Gasteiger partial charge on any atom is 0.370 e. The van der Waals surface area contributed by atoms with Crippen molar-refractivity contribution >= 4 is 34.5 Å². The molecule has 0 radical (unpaired) electrons. The summed E-state index contributed by atoms with van der Waals surface area (Å²) in [6.45, 7) is 0.332. The molecule has 0 saturated heterocycles. The van der Waals surface area contributed by atoms with Gasteiger partial charge in [0.25, 0.3) is 0 Å². The molecule has 1 aliphatic rings. The minimum atomic E-state index is -1.78. The number of carboxylic acids is 1. The highest BCUT2D eigenvalue weighted by Crippen LogP contribution is 2.25. The second-order valence-electron chi connectivity index (χ2n) is 8.25. The van der Waals surface area contributed by atoms with E-state index in [9.17, 15) is 34.8 Å². The molecule has 36 heavy (non-hydrogen) atoms. The average Bonchev–Trinajstić information content (AvgIpc) is 2.83. The van der Waals surface area contributed by atoms with Crippen LogP contribution >= 0.6 is 0 Å². The minimum Gasteiger partial charge on any atom is -0.478 e. The zero-order valence-corrected chi connectivity index (χ0v) is 19.4. The van der Waals surface area contributed by atoms with Gasteiger partial charge < -0.3 is 36.2 Å². The van der Waals surface area contributed by atoms with Gasteiger partial charge >= 0.3 is 5.97 Å². The van der Waals surface area contributed by atoms with Crippen LogP contribution in [0.1, 0.15) is 12.5 Å². The minimum absolute atomic E-state index is 0.0132. The van der Waals surface area contributed by atoms with Gasteiger partial charge in [0, 0.05) is 6.92 Å². The second-order valence-corrected chi connectivity index (χ2v) is 8.25. The monoisotopic (exact) mass is 500 g/mol. The van der Waals surface area contributed by atoms with E-state index in [-0.39, 0.29) is 12.4 Å². The number of aliphatic hydroxyl groups excluding tert-OH is 3. The van der Waals surface area contributed by atoms with E-state index in [0.29, 0.717) is 0 Å². The molecular weight excluding hydrogens is 472 g/mol. The predicted octanol–water partition coefficient (Wildman–Crippen LogP) is -1.23. The molecule has 12 nitrogen and oxygen atoms in total. The molecule has 5 atom stereocenters. The van der Waals surface area contributed by atoms with Crippen molar-refractivity contribution in [2.45, 2.75) is 43.7 Å². The van der Waals surface area contributed by atoms with Gasteiger partial charge in [-0.2, -0.15) is 0 Å². The number of carbonyl (C=O) groups excluding carboxylic acids is 2. The van der Waals surface area contributed by atoms with Gasteiger partial charge in [-0.1, -0.05) is 42.5 Å². The molecule has 0 bridgehead atoms. The van der Waals surface area contributed by atoms with Crippen molar-refractivity contribution in [3.63, 3.8) is 0 Å². The lowest BCUT2D eigenvalue weighted by atomic mass is 9.92. The number of guanidine groups is 1. The van der Waals surface area contributed by atoms with Crippen LogP contribution in [-0.2, 0) is 25.5 Å². The fraction of sp³-hybridized carbons (Fsp3) is 0.333. The quantitative estimate of drug-likeness (QED) is 0.171. The van der Waals surface area contributed by atoms with E-state index in [0.717, 1.165) is 22.4 Å². The number of aliphatic carboxylic acids is 1. The van der Waals surface area contributed by atoms with Crippen LogP contribution in [0.4, 0.5) is 0 Å². The summed E-state index contributed by atoms with van der Waals surface area (Å²) in [5.41, 5.74) is 6.69. The lowest BCUT2D eigenvalue weighted by Crippen LogP contribution is -2.60. The molecule has 2 amide bonds. The highest BCUT2D eigenvalue weighted by Gasteiger charge is 2.43. The zero-order chi connectivity index (χ0) is 26.4. The zero-order valence-electron chi connectivity index (χ0n) is 19.4. The number of aliphatic imine (C=N–C) groups is 1. The van der Waals surface area contributed by atoms with E-state index < -0.39 is 60.5 Å². The van der Waals surface area contributed by atoms with Crippen LogP contribution in [0.2, 0.25) is 0 Å². The molecule has 0 unspecified atom stereocenters. The molecule has 0 saturated carbocycles.